The molecule has 0 radical (unpaired) electrons. The number of carbonyl (C=O) groups is 8. The molecule has 0 bridgehead atoms. The van der Waals surface area contributed by atoms with Gasteiger partial charge in [0.25, 0.3) is 23.6 Å². The summed E-state index contributed by atoms with van der Waals surface area (Å²) in [4.78, 5) is 103. The molecule has 0 aliphatic rings. The van der Waals surface area contributed by atoms with E-state index in [1.54, 1.807) is 24.3 Å². The van der Waals surface area contributed by atoms with Crippen molar-refractivity contribution in [1.82, 2.24) is 5.32 Å². The van der Waals surface area contributed by atoms with Crippen molar-refractivity contribution >= 4 is 64.6 Å². The Morgan fingerprint density at radius 3 is 1.01 bits per heavy atom. The molecule has 18 nitrogen and oxygen atoms in total. The van der Waals surface area contributed by atoms with Crippen LogP contribution in [0, 0.1) is 0 Å². The van der Waals surface area contributed by atoms with Crippen LogP contribution >= 0.6 is 0 Å². The van der Waals surface area contributed by atoms with Crippen molar-refractivity contribution in [3.05, 3.63) is 196 Å². The van der Waals surface area contributed by atoms with Gasteiger partial charge in [0.2, 0.25) is 0 Å². The van der Waals surface area contributed by atoms with Crippen LogP contribution in [0.1, 0.15) is 149 Å². The Morgan fingerprint density at radius 2 is 0.696 bits per heavy atom. The maximum atomic E-state index is 13.7. The smallest absolute Gasteiger partial charge is 0.336 e. The number of anilines is 3. The quantitative estimate of drug-likeness (QED) is 0.0313. The first-order chi connectivity index (χ1) is 37.7. The SMILES string of the molecule is CCC(CC)NC(=O)c1cc(-c2ccc(C(=O)O)c(C(=O)Nc3ccc(Oc4ccc(NC(=O)c5cc(C(=O)Nc6ccc(Oc7ccc(C(C)(CC)CC)cc7)cc6)c(C(=O)O)cc5C(=O)O)cc4)cc3)c2)ccc1C(=O)O. The summed E-state index contributed by atoms with van der Waals surface area (Å²) in [5.74, 6) is -7.45. The number of ether oxygens (including phenoxy) is 2. The highest BCUT2D eigenvalue weighted by molar-refractivity contribution is 6.17. The molecule has 0 aliphatic carbocycles. The van der Waals surface area contributed by atoms with E-state index in [0.29, 0.717) is 47.0 Å². The van der Waals surface area contributed by atoms with E-state index < -0.39 is 69.8 Å². The molecule has 0 fully saturated rings. The van der Waals surface area contributed by atoms with Crippen LogP contribution in [-0.2, 0) is 5.41 Å². The van der Waals surface area contributed by atoms with Crippen LogP contribution in [0.15, 0.2) is 146 Å². The number of benzene rings is 7. The van der Waals surface area contributed by atoms with E-state index in [9.17, 15) is 58.8 Å². The van der Waals surface area contributed by atoms with Gasteiger partial charge in [-0.1, -0.05) is 58.9 Å². The molecule has 0 aliphatic heterocycles. The summed E-state index contributed by atoms with van der Waals surface area (Å²) in [6, 6.07) is 35.7. The molecule has 7 aromatic rings. The summed E-state index contributed by atoms with van der Waals surface area (Å²) in [5.41, 5.74) is -0.443. The molecule has 0 atom stereocenters. The van der Waals surface area contributed by atoms with Crippen LogP contribution in [-0.4, -0.2) is 74.0 Å². The first kappa shape index (κ1) is 56.6. The zero-order chi connectivity index (χ0) is 57.1. The summed E-state index contributed by atoms with van der Waals surface area (Å²) in [6.45, 7) is 10.3. The number of aromatic carboxylic acids is 4. The van der Waals surface area contributed by atoms with Crippen molar-refractivity contribution in [2.24, 2.45) is 0 Å². The molecule has 7 aromatic carbocycles. The van der Waals surface area contributed by atoms with Crippen molar-refractivity contribution in [2.45, 2.75) is 71.8 Å². The first-order valence-corrected chi connectivity index (χ1v) is 25.2. The maximum Gasteiger partial charge on any atom is 0.336 e. The second-order valence-electron chi connectivity index (χ2n) is 18.6. The average molecular weight is 1070 g/mol. The molecule has 0 saturated heterocycles. The number of carboxylic acid groups (broad SMARTS) is 4. The van der Waals surface area contributed by atoms with E-state index in [1.807, 2.05) is 38.1 Å². The number of hydrogen-bond donors (Lipinski definition) is 8. The van der Waals surface area contributed by atoms with Gasteiger partial charge in [-0.25, -0.2) is 19.2 Å². The van der Waals surface area contributed by atoms with Crippen LogP contribution in [0.5, 0.6) is 23.0 Å². The van der Waals surface area contributed by atoms with Crippen LogP contribution in [0.3, 0.4) is 0 Å². The van der Waals surface area contributed by atoms with E-state index in [0.717, 1.165) is 25.0 Å². The summed E-state index contributed by atoms with van der Waals surface area (Å²) >= 11 is 0. The van der Waals surface area contributed by atoms with Gasteiger partial charge in [0, 0.05) is 23.1 Å². The van der Waals surface area contributed by atoms with Gasteiger partial charge < -0.3 is 51.2 Å². The van der Waals surface area contributed by atoms with Crippen LogP contribution in [0.2, 0.25) is 0 Å². The fourth-order valence-corrected chi connectivity index (χ4v) is 8.55. The van der Waals surface area contributed by atoms with Crippen LogP contribution in [0.4, 0.5) is 17.1 Å². The van der Waals surface area contributed by atoms with Crippen molar-refractivity contribution in [3.8, 4) is 34.1 Å². The third-order valence-electron chi connectivity index (χ3n) is 13.7. The molecule has 0 spiro atoms. The number of carboxylic acids is 4. The zero-order valence-corrected chi connectivity index (χ0v) is 43.6. The number of hydrogen-bond acceptors (Lipinski definition) is 10. The average Bonchev–Trinajstić information content (AvgIpc) is 3.54. The highest BCUT2D eigenvalue weighted by Crippen LogP contribution is 2.34. The predicted molar refractivity (Wildman–Crippen MR) is 296 cm³/mol. The van der Waals surface area contributed by atoms with Gasteiger partial charge in [0.05, 0.1) is 44.5 Å². The first-order valence-electron chi connectivity index (χ1n) is 25.2. The minimum atomic E-state index is -1.61. The summed E-state index contributed by atoms with van der Waals surface area (Å²) in [5, 5.41) is 50.5. The minimum absolute atomic E-state index is 0.0445. The highest BCUT2D eigenvalue weighted by Gasteiger charge is 2.27. The van der Waals surface area contributed by atoms with Gasteiger partial charge in [-0.3, -0.25) is 19.2 Å². The highest BCUT2D eigenvalue weighted by atomic mass is 16.5. The van der Waals surface area contributed by atoms with E-state index >= 15 is 0 Å². The lowest BCUT2D eigenvalue weighted by molar-refractivity contribution is 0.0677. The van der Waals surface area contributed by atoms with Gasteiger partial charge >= 0.3 is 23.9 Å². The number of amides is 4. The molecule has 0 unspecified atom stereocenters. The molecule has 4 amide bonds. The Kier molecular flexibility index (Phi) is 17.7. The predicted octanol–water partition coefficient (Wildman–Crippen LogP) is 12.5. The molecule has 0 saturated carbocycles. The Hall–Kier alpha value is -10.1. The number of carbonyl (C=O) groups excluding carboxylic acids is 4. The third-order valence-corrected chi connectivity index (χ3v) is 13.7. The summed E-state index contributed by atoms with van der Waals surface area (Å²) < 4.78 is 11.9. The lowest BCUT2D eigenvalue weighted by Crippen LogP contribution is -2.34. The maximum absolute atomic E-state index is 13.7. The van der Waals surface area contributed by atoms with Crippen molar-refractivity contribution in [3.63, 3.8) is 0 Å². The summed E-state index contributed by atoms with van der Waals surface area (Å²) in [7, 11) is 0. The summed E-state index contributed by atoms with van der Waals surface area (Å²) in [6.07, 6.45) is 3.22. The molecule has 0 heterocycles. The molecule has 8 N–H and O–H groups in total. The van der Waals surface area contributed by atoms with Gasteiger partial charge in [0.15, 0.2) is 0 Å². The topological polar surface area (TPSA) is 284 Å². The fraction of sp³-hybridized carbons (Fsp3) is 0.180. The molecular formula is C61H56N4O14. The second kappa shape index (κ2) is 24.7. The van der Waals surface area contributed by atoms with Gasteiger partial charge in [0.1, 0.15) is 23.0 Å². The van der Waals surface area contributed by atoms with Crippen molar-refractivity contribution in [1.29, 1.82) is 0 Å². The second-order valence-corrected chi connectivity index (χ2v) is 18.6. The Morgan fingerprint density at radius 1 is 0.392 bits per heavy atom. The van der Waals surface area contributed by atoms with Gasteiger partial charge in [-0.2, -0.15) is 0 Å². The van der Waals surface area contributed by atoms with Crippen molar-refractivity contribution in [2.75, 3.05) is 16.0 Å². The van der Waals surface area contributed by atoms with E-state index in [-0.39, 0.29) is 50.8 Å². The lowest BCUT2D eigenvalue weighted by atomic mass is 9.78. The number of nitrogens with one attached hydrogen (secondary N) is 4. The lowest BCUT2D eigenvalue weighted by Gasteiger charge is -2.27. The minimum Gasteiger partial charge on any atom is -0.478 e. The third kappa shape index (κ3) is 13.5. The Bertz CT molecular complexity index is 3480. The fourth-order valence-electron chi connectivity index (χ4n) is 8.55. The zero-order valence-electron chi connectivity index (χ0n) is 43.6. The monoisotopic (exact) mass is 1070 g/mol. The van der Waals surface area contributed by atoms with Gasteiger partial charge in [-0.15, -0.1) is 0 Å². The van der Waals surface area contributed by atoms with Crippen LogP contribution < -0.4 is 30.7 Å². The van der Waals surface area contributed by atoms with E-state index in [1.165, 1.54) is 90.5 Å². The van der Waals surface area contributed by atoms with E-state index in [2.05, 4.69) is 42.0 Å². The standard InChI is InChI=1S/C61H56N4O14/c1-6-37(7-2)62-53(66)47-30-34(10-28-45(47)57(70)71)35-11-29-46(58(72)73)48(31-35)54(67)63-38-14-24-43(25-15-38)79-44-26-18-40(19-27-44)65-56(69)50-32-49(51(59(74)75)33-52(50)60(76)77)55(68)64-39-16-22-42(23-17-39)78-41-20-12-36(13-21-41)61(5,8-3)9-4/h10-33,37H,6-9H2,1-5H3,(H,62,66)(H,63,67)(H,64,68)(H,65,69)(H,70,71)(H,72,73)(H,74,75)(H,76,77). The van der Waals surface area contributed by atoms with Crippen molar-refractivity contribution < 1.29 is 68.3 Å². The molecule has 7 rings (SSSR count). The molecule has 18 heteroatoms. The molecule has 404 valence electrons. The largest absolute Gasteiger partial charge is 0.478 e. The molecular weight excluding hydrogens is 1010 g/mol. The van der Waals surface area contributed by atoms with E-state index in [4.69, 9.17) is 9.47 Å². The number of rotatable bonds is 22. The normalized spacial score (nSPS) is 11.0. The Balaban J connectivity index is 1.00. The Labute approximate surface area is 454 Å². The van der Waals surface area contributed by atoms with Crippen LogP contribution in [0.25, 0.3) is 11.1 Å². The molecule has 0 aromatic heterocycles. The molecule has 79 heavy (non-hydrogen) atoms. The van der Waals surface area contributed by atoms with Gasteiger partial charge in [-0.05, 0) is 169 Å².